The number of hydrogen-bond donors (Lipinski definition) is 2. The van der Waals surface area contributed by atoms with Crippen LogP contribution in [0.4, 0.5) is 11.4 Å². The van der Waals surface area contributed by atoms with Gasteiger partial charge < -0.3 is 20.1 Å². The predicted octanol–water partition coefficient (Wildman–Crippen LogP) is 2.15. The molecule has 2 atom stereocenters. The fourth-order valence-corrected chi connectivity index (χ4v) is 4.91. The van der Waals surface area contributed by atoms with Gasteiger partial charge in [0.1, 0.15) is 5.75 Å². The largest absolute Gasteiger partial charge is 0.478 e. The minimum Gasteiger partial charge on any atom is -0.478 e. The van der Waals surface area contributed by atoms with Crippen LogP contribution in [0.25, 0.3) is 0 Å². The third-order valence-corrected chi connectivity index (χ3v) is 6.81. The highest BCUT2D eigenvalue weighted by Crippen LogP contribution is 2.34. The van der Waals surface area contributed by atoms with Crippen molar-refractivity contribution in [2.75, 3.05) is 35.6 Å². The van der Waals surface area contributed by atoms with Crippen LogP contribution in [0.5, 0.6) is 5.75 Å². The molecule has 176 valence electrons. The zero-order valence-corrected chi connectivity index (χ0v) is 19.1. The van der Waals surface area contributed by atoms with Crippen LogP contribution in [0.15, 0.2) is 48.5 Å². The van der Waals surface area contributed by atoms with E-state index in [1.165, 1.54) is 4.31 Å². The van der Waals surface area contributed by atoms with Crippen LogP contribution in [0.2, 0.25) is 0 Å². The Morgan fingerprint density at radius 1 is 1.09 bits per heavy atom. The van der Waals surface area contributed by atoms with Gasteiger partial charge >= 0.3 is 0 Å². The lowest BCUT2D eigenvalue weighted by Gasteiger charge is -2.20. The Kier molecular flexibility index (Phi) is 6.85. The molecule has 2 aliphatic heterocycles. The molecule has 0 bridgehead atoms. The summed E-state index contributed by atoms with van der Waals surface area (Å²) in [7, 11) is -3.54. The van der Waals surface area contributed by atoms with Crippen molar-refractivity contribution in [2.45, 2.75) is 31.5 Å². The minimum atomic E-state index is -3.54. The van der Waals surface area contributed by atoms with Crippen molar-refractivity contribution >= 4 is 33.2 Å². The average Bonchev–Trinajstić information content (AvgIpc) is 3.22. The number of sulfonamides is 1. The molecule has 0 radical (unpaired) electrons. The van der Waals surface area contributed by atoms with E-state index < -0.39 is 22.0 Å². The number of ether oxygens (including phenoxy) is 2. The maximum Gasteiger partial charge on any atom is 0.265 e. The second-order valence-corrected chi connectivity index (χ2v) is 9.98. The predicted molar refractivity (Wildman–Crippen MR) is 124 cm³/mol. The van der Waals surface area contributed by atoms with Crippen LogP contribution < -0.4 is 19.7 Å². The number of amides is 2. The molecular formula is C23H27N3O6S. The first-order valence-electron chi connectivity index (χ1n) is 10.9. The second-order valence-electron chi connectivity index (χ2n) is 8.08. The summed E-state index contributed by atoms with van der Waals surface area (Å²) in [5.74, 6) is -0.459. The molecule has 2 N–H and O–H groups in total. The molecular weight excluding hydrogens is 446 g/mol. The normalized spacial score (nSPS) is 20.3. The third kappa shape index (κ3) is 5.45. The lowest BCUT2D eigenvalue weighted by molar-refractivity contribution is -0.122. The van der Waals surface area contributed by atoms with Gasteiger partial charge in [0, 0.05) is 26.1 Å². The van der Waals surface area contributed by atoms with Crippen molar-refractivity contribution in [3.05, 3.63) is 54.1 Å². The number of fused-ring (bicyclic) bond motifs is 1. The maximum absolute atomic E-state index is 13.1. The molecule has 2 amide bonds. The summed E-state index contributed by atoms with van der Waals surface area (Å²) in [5, 5.41) is 5.64. The molecule has 2 aromatic rings. The van der Waals surface area contributed by atoms with Crippen molar-refractivity contribution in [3.8, 4) is 5.75 Å². The first-order chi connectivity index (χ1) is 15.8. The van der Waals surface area contributed by atoms with Crippen LogP contribution in [0, 0.1) is 0 Å². The van der Waals surface area contributed by atoms with Crippen LogP contribution in [0.1, 0.15) is 29.6 Å². The molecule has 2 aliphatic rings. The molecule has 2 aromatic carbocycles. The summed E-state index contributed by atoms with van der Waals surface area (Å²) < 4.78 is 37.2. The summed E-state index contributed by atoms with van der Waals surface area (Å²) >= 11 is 0. The highest BCUT2D eigenvalue weighted by molar-refractivity contribution is 7.92. The van der Waals surface area contributed by atoms with Crippen molar-refractivity contribution < 1.29 is 27.5 Å². The number of nitrogens with zero attached hydrogens (tertiary/aromatic N) is 1. The molecule has 2 heterocycles. The lowest BCUT2D eigenvalue weighted by atomic mass is 10.1. The summed E-state index contributed by atoms with van der Waals surface area (Å²) in [4.78, 5) is 25.8. The van der Waals surface area contributed by atoms with Gasteiger partial charge in [-0.3, -0.25) is 13.9 Å². The number of rotatable bonds is 6. The lowest BCUT2D eigenvalue weighted by Crippen LogP contribution is -2.37. The van der Waals surface area contributed by atoms with Crippen molar-refractivity contribution in [1.29, 1.82) is 0 Å². The van der Waals surface area contributed by atoms with Crippen molar-refractivity contribution in [3.63, 3.8) is 0 Å². The number of nitrogens with one attached hydrogen (secondary N) is 2. The summed E-state index contributed by atoms with van der Waals surface area (Å²) in [5.41, 5.74) is 1.08. The highest BCUT2D eigenvalue weighted by Gasteiger charge is 2.31. The molecule has 0 unspecified atom stereocenters. The summed E-state index contributed by atoms with van der Waals surface area (Å²) in [6.07, 6.45) is 2.24. The number of anilines is 2. The van der Waals surface area contributed by atoms with E-state index in [1.807, 2.05) is 0 Å². The van der Waals surface area contributed by atoms with Gasteiger partial charge in [-0.05, 0) is 37.1 Å². The monoisotopic (exact) mass is 473 g/mol. The molecule has 33 heavy (non-hydrogen) atoms. The number of para-hydroxylation sites is 3. The highest BCUT2D eigenvalue weighted by atomic mass is 32.2. The number of carbonyl (C=O) groups is 2. The zero-order valence-electron chi connectivity index (χ0n) is 18.3. The number of hydrogen-bond acceptors (Lipinski definition) is 6. The quantitative estimate of drug-likeness (QED) is 0.665. The van der Waals surface area contributed by atoms with Crippen LogP contribution >= 0.6 is 0 Å². The van der Waals surface area contributed by atoms with E-state index in [4.69, 9.17) is 9.47 Å². The summed E-state index contributed by atoms with van der Waals surface area (Å²) in [6, 6.07) is 13.4. The Morgan fingerprint density at radius 2 is 1.85 bits per heavy atom. The van der Waals surface area contributed by atoms with E-state index in [9.17, 15) is 18.0 Å². The number of carbonyl (C=O) groups excluding carboxylic acids is 2. The second kappa shape index (κ2) is 9.80. The van der Waals surface area contributed by atoms with Gasteiger partial charge in [0.15, 0.2) is 6.10 Å². The third-order valence-electron chi connectivity index (χ3n) is 5.63. The van der Waals surface area contributed by atoms with Gasteiger partial charge in [-0.2, -0.15) is 0 Å². The fourth-order valence-electron chi connectivity index (χ4n) is 3.97. The van der Waals surface area contributed by atoms with Gasteiger partial charge in [0.25, 0.3) is 11.8 Å². The molecule has 4 rings (SSSR count). The molecule has 10 heteroatoms. The van der Waals surface area contributed by atoms with Gasteiger partial charge in [0.2, 0.25) is 10.0 Å². The zero-order chi connectivity index (χ0) is 23.4. The van der Waals surface area contributed by atoms with Gasteiger partial charge in [0.05, 0.1) is 29.3 Å². The smallest absolute Gasteiger partial charge is 0.265 e. The van der Waals surface area contributed by atoms with Crippen LogP contribution in [0.3, 0.4) is 0 Å². The average molecular weight is 474 g/mol. The molecule has 9 nitrogen and oxygen atoms in total. The minimum absolute atomic E-state index is 0.00736. The summed E-state index contributed by atoms with van der Waals surface area (Å²) in [6.45, 7) is 1.21. The Labute approximate surface area is 193 Å². The molecule has 1 fully saturated rings. The molecule has 0 aliphatic carbocycles. The molecule has 0 saturated carbocycles. The van der Waals surface area contributed by atoms with E-state index in [0.29, 0.717) is 35.8 Å². The Hall–Kier alpha value is -3.11. The van der Waals surface area contributed by atoms with Gasteiger partial charge in [-0.15, -0.1) is 0 Å². The van der Waals surface area contributed by atoms with Crippen molar-refractivity contribution in [2.24, 2.45) is 0 Å². The standard InChI is InChI=1S/C23H27N3O6S/c1-33(29,30)26-13-12-21(32-20-11-5-4-10-19(20)26)23(28)25-18-9-3-2-8-17(18)22(27)24-15-16-7-6-14-31-16/h2-5,8-11,16,21H,6-7,12-15H2,1H3,(H,24,27)(H,25,28)/t16-,21+/m0/s1. The molecule has 0 spiro atoms. The van der Waals surface area contributed by atoms with Crippen LogP contribution in [-0.4, -0.2) is 58.4 Å². The molecule has 0 aromatic heterocycles. The topological polar surface area (TPSA) is 114 Å². The number of benzene rings is 2. The van der Waals surface area contributed by atoms with E-state index in [2.05, 4.69) is 10.6 Å². The molecule has 1 saturated heterocycles. The van der Waals surface area contributed by atoms with Crippen molar-refractivity contribution in [1.82, 2.24) is 5.32 Å². The Bertz CT molecular complexity index is 1130. The Morgan fingerprint density at radius 3 is 2.61 bits per heavy atom. The maximum atomic E-state index is 13.1. The first kappa shape index (κ1) is 23.1. The van der Waals surface area contributed by atoms with E-state index >= 15 is 0 Å². The first-order valence-corrected chi connectivity index (χ1v) is 12.7. The van der Waals surface area contributed by atoms with Crippen LogP contribution in [-0.2, 0) is 19.6 Å². The van der Waals surface area contributed by atoms with Gasteiger partial charge in [-0.1, -0.05) is 24.3 Å². The van der Waals surface area contributed by atoms with E-state index in [-0.39, 0.29) is 25.0 Å². The fraction of sp³-hybridized carbons (Fsp3) is 0.391. The SMILES string of the molecule is CS(=O)(=O)N1CC[C@H](C(=O)Nc2ccccc2C(=O)NC[C@@H]2CCCO2)Oc2ccccc21. The van der Waals surface area contributed by atoms with E-state index in [0.717, 1.165) is 19.1 Å². The van der Waals surface area contributed by atoms with E-state index in [1.54, 1.807) is 48.5 Å². The van der Waals surface area contributed by atoms with Gasteiger partial charge in [-0.25, -0.2) is 8.42 Å². The Balaban J connectivity index is 1.48.